The fraction of sp³-hybridized carbons (Fsp3) is 0.727. The predicted molar refractivity (Wildman–Crippen MR) is 66.7 cm³/mol. The van der Waals surface area contributed by atoms with Gasteiger partial charge < -0.3 is 9.22 Å². The van der Waals surface area contributed by atoms with E-state index in [1.54, 1.807) is 6.92 Å². The van der Waals surface area contributed by atoms with Gasteiger partial charge >= 0.3 is 5.97 Å². The first-order valence-electron chi connectivity index (χ1n) is 5.17. The number of hydrogen-bond donors (Lipinski definition) is 0. The van der Waals surface area contributed by atoms with Crippen LogP contribution in [0, 0.1) is 0 Å². The van der Waals surface area contributed by atoms with Crippen LogP contribution >= 0.6 is 8.58 Å². The van der Waals surface area contributed by atoms with Crippen molar-refractivity contribution in [1.82, 2.24) is 0 Å². The van der Waals surface area contributed by atoms with Gasteiger partial charge in [0.2, 0.25) is 0 Å². The molecule has 88 valence electrons. The average Bonchev–Trinajstić information content (AvgIpc) is 2.08. The van der Waals surface area contributed by atoms with E-state index in [1.165, 1.54) is 12.7 Å². The number of ether oxygens (including phenoxy) is 1. The summed E-state index contributed by atoms with van der Waals surface area (Å²) in [5, 5.41) is 0. The van der Waals surface area contributed by atoms with Crippen LogP contribution in [0.2, 0.25) is 0 Å². The van der Waals surface area contributed by atoms with E-state index in [2.05, 4.69) is 27.7 Å². The lowest BCUT2D eigenvalue weighted by Crippen LogP contribution is -2.36. The highest BCUT2D eigenvalue weighted by atomic mass is 31.1. The summed E-state index contributed by atoms with van der Waals surface area (Å²) in [7, 11) is 7.43. The molecule has 0 rings (SSSR count). The van der Waals surface area contributed by atoms with Crippen molar-refractivity contribution in [3.63, 3.8) is 0 Å². The Labute approximate surface area is 94.9 Å². The number of rotatable bonds is 7. The van der Waals surface area contributed by atoms with Crippen LogP contribution in [0.25, 0.3) is 0 Å². The highest BCUT2D eigenvalue weighted by Gasteiger charge is 2.06. The Morgan fingerprint density at radius 3 is 2.40 bits per heavy atom. The lowest BCUT2D eigenvalue weighted by atomic mass is 10.4. The second-order valence-electron chi connectivity index (χ2n) is 4.68. The van der Waals surface area contributed by atoms with Crippen molar-refractivity contribution in [3.8, 4) is 0 Å². The predicted octanol–water partition coefficient (Wildman–Crippen LogP) is 1.49. The summed E-state index contributed by atoms with van der Waals surface area (Å²) < 4.78 is 6.00. The third kappa shape index (κ3) is 9.89. The molecule has 0 aliphatic rings. The molecule has 0 saturated carbocycles. The summed E-state index contributed by atoms with van der Waals surface area (Å²) >= 11 is 0. The molecular formula is C11H23NO2P+. The minimum absolute atomic E-state index is 0.272. The lowest BCUT2D eigenvalue weighted by Gasteiger charge is -2.23. The van der Waals surface area contributed by atoms with Crippen molar-refractivity contribution in [1.29, 1.82) is 0 Å². The van der Waals surface area contributed by atoms with Crippen molar-refractivity contribution in [2.45, 2.75) is 6.92 Å². The van der Waals surface area contributed by atoms with Crippen molar-refractivity contribution in [2.75, 3.05) is 46.6 Å². The molecular weight excluding hydrogens is 209 g/mol. The molecule has 0 aliphatic heterocycles. The molecule has 0 aromatic carbocycles. The first-order valence-corrected chi connectivity index (χ1v) is 6.58. The van der Waals surface area contributed by atoms with Gasteiger partial charge in [-0.05, 0) is 13.1 Å². The Balaban J connectivity index is 3.33. The summed E-state index contributed by atoms with van der Waals surface area (Å²) in [6, 6.07) is 0. The number of nitrogens with zero attached hydrogens (tertiary/aromatic N) is 1. The van der Waals surface area contributed by atoms with Gasteiger partial charge in [0.15, 0.2) is 0 Å². The first kappa shape index (κ1) is 14.6. The highest BCUT2D eigenvalue weighted by Crippen LogP contribution is 2.10. The minimum atomic E-state index is -0.272. The second-order valence-corrected chi connectivity index (χ2v) is 6.18. The van der Waals surface area contributed by atoms with E-state index in [0.717, 1.165) is 19.2 Å². The Bertz CT molecular complexity index is 221. The van der Waals surface area contributed by atoms with Crippen molar-refractivity contribution < 1.29 is 14.0 Å². The molecule has 0 fully saturated rings. The van der Waals surface area contributed by atoms with Gasteiger partial charge in [-0.1, -0.05) is 6.58 Å². The van der Waals surface area contributed by atoms with Gasteiger partial charge in [0.25, 0.3) is 0 Å². The average molecular weight is 232 g/mol. The normalized spacial score (nSPS) is 12.0. The molecule has 0 N–H and O–H groups in total. The highest BCUT2D eigenvalue weighted by molar-refractivity contribution is 7.38. The van der Waals surface area contributed by atoms with Gasteiger partial charge in [-0.3, -0.25) is 0 Å². The van der Waals surface area contributed by atoms with Crippen molar-refractivity contribution in [2.24, 2.45) is 0 Å². The van der Waals surface area contributed by atoms with E-state index in [1.807, 2.05) is 0 Å². The Kier molecular flexibility index (Phi) is 6.78. The molecule has 0 saturated heterocycles. The molecule has 4 heteroatoms. The van der Waals surface area contributed by atoms with E-state index >= 15 is 0 Å². The quantitative estimate of drug-likeness (QED) is 0.218. The SMILES string of the molecule is C=C(C)C(=O)OCCPCC[N+](C)(C)C. The number of carbonyl (C=O) groups is 1. The molecule has 0 spiro atoms. The summed E-state index contributed by atoms with van der Waals surface area (Å²) in [5.41, 5.74) is 0.477. The molecule has 3 nitrogen and oxygen atoms in total. The van der Waals surface area contributed by atoms with E-state index in [-0.39, 0.29) is 5.97 Å². The van der Waals surface area contributed by atoms with Gasteiger partial charge in [0.05, 0.1) is 34.3 Å². The molecule has 0 heterocycles. The number of carbonyl (C=O) groups excluding carboxylic acids is 1. The summed E-state index contributed by atoms with van der Waals surface area (Å²) in [5.74, 6) is -0.272. The first-order chi connectivity index (χ1) is 6.83. The fourth-order valence-corrected chi connectivity index (χ4v) is 2.20. The topological polar surface area (TPSA) is 26.3 Å². The molecule has 0 bridgehead atoms. The van der Waals surface area contributed by atoms with E-state index in [4.69, 9.17) is 4.74 Å². The van der Waals surface area contributed by atoms with E-state index in [0.29, 0.717) is 12.2 Å². The zero-order chi connectivity index (χ0) is 11.9. The Morgan fingerprint density at radius 2 is 1.93 bits per heavy atom. The maximum atomic E-state index is 11.0. The van der Waals surface area contributed by atoms with Crippen LogP contribution in [-0.2, 0) is 9.53 Å². The zero-order valence-electron chi connectivity index (χ0n) is 10.3. The molecule has 0 aromatic heterocycles. The van der Waals surface area contributed by atoms with Gasteiger partial charge in [0.1, 0.15) is 0 Å². The maximum Gasteiger partial charge on any atom is 0.333 e. The molecule has 0 aliphatic carbocycles. The van der Waals surface area contributed by atoms with Crippen LogP contribution in [0.15, 0.2) is 12.2 Å². The summed E-state index contributed by atoms with van der Waals surface area (Å²) in [6.07, 6.45) is 2.17. The second kappa shape index (κ2) is 6.97. The summed E-state index contributed by atoms with van der Waals surface area (Å²) in [6.45, 7) is 6.90. The van der Waals surface area contributed by atoms with Crippen molar-refractivity contribution in [3.05, 3.63) is 12.2 Å². The zero-order valence-corrected chi connectivity index (χ0v) is 11.3. The van der Waals surface area contributed by atoms with Crippen LogP contribution in [0.4, 0.5) is 0 Å². The molecule has 1 atom stereocenters. The van der Waals surface area contributed by atoms with Gasteiger partial charge in [0, 0.05) is 11.7 Å². The van der Waals surface area contributed by atoms with Gasteiger partial charge in [-0.15, -0.1) is 8.58 Å². The summed E-state index contributed by atoms with van der Waals surface area (Å²) in [4.78, 5) is 11.0. The van der Waals surface area contributed by atoms with Crippen LogP contribution in [0.1, 0.15) is 6.92 Å². The maximum absolute atomic E-state index is 11.0. The third-order valence-electron chi connectivity index (χ3n) is 1.82. The van der Waals surface area contributed by atoms with E-state index in [9.17, 15) is 4.79 Å². The molecule has 0 amide bonds. The fourth-order valence-electron chi connectivity index (χ4n) is 0.879. The smallest absolute Gasteiger partial charge is 0.333 e. The third-order valence-corrected chi connectivity index (χ3v) is 2.95. The van der Waals surface area contributed by atoms with E-state index < -0.39 is 0 Å². The standard InChI is InChI=1S/C11H23NO2P/c1-10(2)11(13)14-7-9-15-8-6-12(3,4)5/h15H,1,6-9H2,2-5H3/q+1. The lowest BCUT2D eigenvalue weighted by molar-refractivity contribution is -0.867. The van der Waals surface area contributed by atoms with Crippen LogP contribution < -0.4 is 0 Å². The molecule has 0 aromatic rings. The molecule has 15 heavy (non-hydrogen) atoms. The van der Waals surface area contributed by atoms with Gasteiger partial charge in [-0.25, -0.2) is 4.79 Å². The van der Waals surface area contributed by atoms with Crippen LogP contribution in [0.5, 0.6) is 0 Å². The number of quaternary nitrogens is 1. The Hall–Kier alpha value is -0.400. The van der Waals surface area contributed by atoms with Gasteiger partial charge in [-0.2, -0.15) is 0 Å². The molecule has 1 unspecified atom stereocenters. The Morgan fingerprint density at radius 1 is 1.33 bits per heavy atom. The molecule has 0 radical (unpaired) electrons. The largest absolute Gasteiger partial charge is 0.462 e. The van der Waals surface area contributed by atoms with Crippen LogP contribution in [0.3, 0.4) is 0 Å². The van der Waals surface area contributed by atoms with Crippen molar-refractivity contribution >= 4 is 14.6 Å². The monoisotopic (exact) mass is 232 g/mol. The minimum Gasteiger partial charge on any atom is -0.462 e. The van der Waals surface area contributed by atoms with Crippen LogP contribution in [-0.4, -0.2) is 57.1 Å². The number of hydrogen-bond acceptors (Lipinski definition) is 2. The number of esters is 1.